The van der Waals surface area contributed by atoms with Gasteiger partial charge in [0, 0.05) is 11.8 Å². The Morgan fingerprint density at radius 1 is 0.947 bits per heavy atom. The molecule has 0 amide bonds. The number of sulfone groups is 1. The Morgan fingerprint density at radius 2 is 1.68 bits per heavy atom. The summed E-state index contributed by atoms with van der Waals surface area (Å²) in [5.41, 5.74) is 3.10. The Labute approximate surface area is 221 Å². The molecule has 38 heavy (non-hydrogen) atoms. The number of nitrogens with two attached hydrogens (primary N) is 1. The van der Waals surface area contributed by atoms with Crippen LogP contribution in [0.25, 0.3) is 22.3 Å². The van der Waals surface area contributed by atoms with E-state index in [0.29, 0.717) is 34.1 Å². The van der Waals surface area contributed by atoms with E-state index < -0.39 is 19.9 Å². The summed E-state index contributed by atoms with van der Waals surface area (Å²) in [5, 5.41) is 8.45. The average molecular weight is 554 g/mol. The lowest BCUT2D eigenvalue weighted by Gasteiger charge is -2.26. The molecule has 0 spiro atoms. The highest BCUT2D eigenvalue weighted by molar-refractivity contribution is 7.90. The second-order valence-corrected chi connectivity index (χ2v) is 12.9. The van der Waals surface area contributed by atoms with Gasteiger partial charge in [0.2, 0.25) is 21.9 Å². The first kappa shape index (κ1) is 26.0. The monoisotopic (exact) mass is 553 g/mol. The SMILES string of the molecule is C[C@@H](Nc1nc(OC2CCC2)c2nc(-c3cccc(S(C)(=O)=O)c3)ccc2n1)c1ccc(S(N)(=O)=O)cc1. The lowest BCUT2D eigenvalue weighted by atomic mass is 9.96. The molecule has 1 aliphatic carbocycles. The van der Waals surface area contributed by atoms with E-state index in [1.54, 1.807) is 48.5 Å². The number of aromatic nitrogens is 3. The van der Waals surface area contributed by atoms with Gasteiger partial charge in [-0.15, -0.1) is 0 Å². The van der Waals surface area contributed by atoms with Crippen LogP contribution in [0.1, 0.15) is 37.8 Å². The van der Waals surface area contributed by atoms with Crippen LogP contribution >= 0.6 is 0 Å². The number of benzene rings is 2. The summed E-state index contributed by atoms with van der Waals surface area (Å²) in [4.78, 5) is 14.2. The van der Waals surface area contributed by atoms with Crippen molar-refractivity contribution in [2.45, 2.75) is 48.1 Å². The lowest BCUT2D eigenvalue weighted by Crippen LogP contribution is -2.25. The third-order valence-corrected chi connectivity index (χ3v) is 8.49. The molecule has 5 rings (SSSR count). The molecule has 0 saturated heterocycles. The van der Waals surface area contributed by atoms with E-state index in [0.717, 1.165) is 24.8 Å². The Morgan fingerprint density at radius 3 is 2.32 bits per heavy atom. The summed E-state index contributed by atoms with van der Waals surface area (Å²) in [7, 11) is -7.14. The number of ether oxygens (including phenoxy) is 1. The summed E-state index contributed by atoms with van der Waals surface area (Å²) in [6, 6.07) is 16.2. The van der Waals surface area contributed by atoms with E-state index in [-0.39, 0.29) is 21.9 Å². The zero-order valence-corrected chi connectivity index (χ0v) is 22.5. The van der Waals surface area contributed by atoms with Gasteiger partial charge in [-0.2, -0.15) is 4.98 Å². The van der Waals surface area contributed by atoms with Crippen LogP contribution in [0, 0.1) is 0 Å². The van der Waals surface area contributed by atoms with E-state index >= 15 is 0 Å². The second-order valence-electron chi connectivity index (χ2n) is 9.37. The van der Waals surface area contributed by atoms with Gasteiger partial charge in [0.05, 0.1) is 27.0 Å². The first-order chi connectivity index (χ1) is 18.0. The first-order valence-electron chi connectivity index (χ1n) is 12.0. The van der Waals surface area contributed by atoms with E-state index in [1.165, 1.54) is 18.4 Å². The standard InChI is InChI=1S/C26H27N5O5S2/c1-16(17-9-11-20(12-10-17)38(27,34)35)28-26-30-23-14-13-22(18-5-3-8-21(15-18)37(2,32)33)29-24(23)25(31-26)36-19-6-4-7-19/h3,5,8-16,19H,4,6-7H2,1-2H3,(H2,27,34,35)(H,28,30,31)/t16-/m1/s1. The van der Waals surface area contributed by atoms with Crippen molar-refractivity contribution < 1.29 is 21.6 Å². The molecule has 3 N–H and O–H groups in total. The van der Waals surface area contributed by atoms with Crippen molar-refractivity contribution in [3.05, 3.63) is 66.2 Å². The zero-order valence-electron chi connectivity index (χ0n) is 20.8. The molecular formula is C26H27N5O5S2. The minimum atomic E-state index is -3.77. The molecule has 2 heterocycles. The van der Waals surface area contributed by atoms with Gasteiger partial charge in [0.25, 0.3) is 0 Å². The molecule has 198 valence electrons. The molecule has 0 radical (unpaired) electrons. The van der Waals surface area contributed by atoms with Crippen molar-refractivity contribution in [1.29, 1.82) is 0 Å². The molecule has 10 nitrogen and oxygen atoms in total. The number of hydrogen-bond donors (Lipinski definition) is 2. The van der Waals surface area contributed by atoms with Gasteiger partial charge >= 0.3 is 0 Å². The number of pyridine rings is 1. The van der Waals surface area contributed by atoms with Crippen LogP contribution in [0.5, 0.6) is 5.88 Å². The van der Waals surface area contributed by atoms with Crippen LogP contribution in [0.2, 0.25) is 0 Å². The predicted octanol–water partition coefficient (Wildman–Crippen LogP) is 3.85. The number of primary sulfonamides is 1. The summed E-state index contributed by atoms with van der Waals surface area (Å²) in [6.45, 7) is 1.90. The fourth-order valence-corrected chi connectivity index (χ4v) is 5.23. The van der Waals surface area contributed by atoms with Crippen LogP contribution < -0.4 is 15.2 Å². The van der Waals surface area contributed by atoms with Crippen LogP contribution in [0.4, 0.5) is 5.95 Å². The molecule has 1 atom stereocenters. The first-order valence-corrected chi connectivity index (χ1v) is 15.5. The third kappa shape index (κ3) is 5.62. The number of sulfonamides is 1. The summed E-state index contributed by atoms with van der Waals surface area (Å²) < 4.78 is 53.4. The zero-order chi connectivity index (χ0) is 27.1. The number of fused-ring (bicyclic) bond motifs is 1. The highest BCUT2D eigenvalue weighted by Gasteiger charge is 2.23. The van der Waals surface area contributed by atoms with Gasteiger partial charge < -0.3 is 10.1 Å². The Hall–Kier alpha value is -3.61. The molecule has 0 bridgehead atoms. The van der Waals surface area contributed by atoms with Crippen molar-refractivity contribution in [2.75, 3.05) is 11.6 Å². The van der Waals surface area contributed by atoms with E-state index in [9.17, 15) is 16.8 Å². The number of anilines is 1. The van der Waals surface area contributed by atoms with E-state index in [2.05, 4.69) is 15.3 Å². The third-order valence-electron chi connectivity index (χ3n) is 6.45. The molecule has 0 unspecified atom stereocenters. The Bertz CT molecular complexity index is 1720. The van der Waals surface area contributed by atoms with Gasteiger partial charge in [0.1, 0.15) is 6.10 Å². The summed E-state index contributed by atoms with van der Waals surface area (Å²) in [5.74, 6) is 0.684. The lowest BCUT2D eigenvalue weighted by molar-refractivity contribution is 0.116. The van der Waals surface area contributed by atoms with Crippen molar-refractivity contribution in [2.24, 2.45) is 5.14 Å². The molecule has 4 aromatic rings. The Kier molecular flexibility index (Phi) is 6.80. The second kappa shape index (κ2) is 9.93. The maximum Gasteiger partial charge on any atom is 0.245 e. The topological polar surface area (TPSA) is 154 Å². The normalized spacial score (nSPS) is 15.1. The molecule has 2 aromatic carbocycles. The fraction of sp³-hybridized carbons (Fsp3) is 0.269. The quantitative estimate of drug-likeness (QED) is 0.331. The number of rotatable bonds is 8. The number of nitrogens with one attached hydrogen (secondary N) is 1. The van der Waals surface area contributed by atoms with E-state index in [4.69, 9.17) is 14.9 Å². The minimum Gasteiger partial charge on any atom is -0.473 e. The predicted molar refractivity (Wildman–Crippen MR) is 144 cm³/mol. The van der Waals surface area contributed by atoms with Crippen molar-refractivity contribution in [3.63, 3.8) is 0 Å². The van der Waals surface area contributed by atoms with E-state index in [1.807, 2.05) is 6.92 Å². The highest BCUT2D eigenvalue weighted by Crippen LogP contribution is 2.32. The summed E-state index contributed by atoms with van der Waals surface area (Å²) >= 11 is 0. The molecule has 2 aromatic heterocycles. The number of hydrogen-bond acceptors (Lipinski definition) is 9. The van der Waals surface area contributed by atoms with Crippen LogP contribution in [0.15, 0.2) is 70.5 Å². The van der Waals surface area contributed by atoms with Gasteiger partial charge in [-0.05, 0) is 68.1 Å². The molecule has 0 aliphatic heterocycles. The molecule has 1 saturated carbocycles. The highest BCUT2D eigenvalue weighted by atomic mass is 32.2. The average Bonchev–Trinajstić information content (AvgIpc) is 2.85. The van der Waals surface area contributed by atoms with Crippen LogP contribution in [-0.2, 0) is 19.9 Å². The van der Waals surface area contributed by atoms with Crippen molar-refractivity contribution in [3.8, 4) is 17.1 Å². The summed E-state index contributed by atoms with van der Waals surface area (Å²) in [6.07, 6.45) is 4.15. The van der Waals surface area contributed by atoms with Gasteiger partial charge in [-0.25, -0.2) is 31.9 Å². The van der Waals surface area contributed by atoms with Crippen LogP contribution in [0.3, 0.4) is 0 Å². The molecule has 1 fully saturated rings. The van der Waals surface area contributed by atoms with Gasteiger partial charge in [-0.1, -0.05) is 24.3 Å². The van der Waals surface area contributed by atoms with Crippen molar-refractivity contribution in [1.82, 2.24) is 15.0 Å². The van der Waals surface area contributed by atoms with Crippen LogP contribution in [-0.4, -0.2) is 44.1 Å². The largest absolute Gasteiger partial charge is 0.473 e. The maximum atomic E-state index is 12.0. The maximum absolute atomic E-state index is 12.0. The minimum absolute atomic E-state index is 0.0375. The molecular weight excluding hydrogens is 526 g/mol. The molecule has 1 aliphatic rings. The smallest absolute Gasteiger partial charge is 0.245 e. The molecule has 12 heteroatoms. The Balaban J connectivity index is 1.49. The number of nitrogens with zero attached hydrogens (tertiary/aromatic N) is 3. The van der Waals surface area contributed by atoms with Gasteiger partial charge in [0.15, 0.2) is 15.4 Å². The fourth-order valence-electron chi connectivity index (χ4n) is 4.05. The van der Waals surface area contributed by atoms with Crippen molar-refractivity contribution >= 4 is 36.8 Å². The van der Waals surface area contributed by atoms with Gasteiger partial charge in [-0.3, -0.25) is 0 Å².